The predicted octanol–water partition coefficient (Wildman–Crippen LogP) is 0.519. The number of carbonyl (C=O) groups is 3. The van der Waals surface area contributed by atoms with E-state index in [-0.39, 0.29) is 31.0 Å². The third-order valence-electron chi connectivity index (χ3n) is 5.00. The van der Waals surface area contributed by atoms with Crippen molar-refractivity contribution in [3.8, 4) is 12.3 Å². The maximum Gasteiger partial charge on any atom is 0.330 e. The normalized spacial score (nSPS) is 19.5. The van der Waals surface area contributed by atoms with Crippen LogP contribution in [-0.2, 0) is 35.1 Å². The monoisotopic (exact) mass is 463 g/mol. The number of ether oxygens (including phenoxy) is 3. The number of nitrogens with one attached hydrogen (secondary N) is 2. The Balaban J connectivity index is 2.06. The molecule has 33 heavy (non-hydrogen) atoms. The molecule has 11 nitrogen and oxygen atoms in total. The van der Waals surface area contributed by atoms with Crippen LogP contribution < -0.4 is 16.6 Å². The summed E-state index contributed by atoms with van der Waals surface area (Å²) in [5.74, 6) is 1.25. The summed E-state index contributed by atoms with van der Waals surface area (Å²) in [5.41, 5.74) is -1.19. The van der Waals surface area contributed by atoms with E-state index in [9.17, 15) is 24.0 Å². The van der Waals surface area contributed by atoms with Gasteiger partial charge in [0, 0.05) is 45.9 Å². The van der Waals surface area contributed by atoms with Gasteiger partial charge in [0.1, 0.15) is 25.0 Å². The Morgan fingerprint density at radius 1 is 1.24 bits per heavy atom. The fourth-order valence-corrected chi connectivity index (χ4v) is 3.40. The smallest absolute Gasteiger partial charge is 0.330 e. The maximum absolute atomic E-state index is 12.4. The van der Waals surface area contributed by atoms with Crippen molar-refractivity contribution in [2.75, 3.05) is 6.61 Å². The number of H-pyrrole nitrogens is 1. The average Bonchev–Trinajstić information content (AvgIpc) is 3.13. The van der Waals surface area contributed by atoms with E-state index in [1.165, 1.54) is 20.0 Å². The second-order valence-electron chi connectivity index (χ2n) is 7.68. The predicted molar refractivity (Wildman–Crippen MR) is 116 cm³/mol. The van der Waals surface area contributed by atoms with Crippen LogP contribution in [0.1, 0.15) is 64.2 Å². The molecule has 11 heteroatoms. The van der Waals surface area contributed by atoms with Gasteiger partial charge >= 0.3 is 17.6 Å². The van der Waals surface area contributed by atoms with E-state index in [4.69, 9.17) is 20.6 Å². The summed E-state index contributed by atoms with van der Waals surface area (Å²) in [4.78, 5) is 61.4. The zero-order chi connectivity index (χ0) is 24.4. The molecule has 0 radical (unpaired) electrons. The third kappa shape index (κ3) is 8.23. The van der Waals surface area contributed by atoms with Crippen molar-refractivity contribution in [1.82, 2.24) is 14.9 Å². The van der Waals surface area contributed by atoms with Gasteiger partial charge in [-0.3, -0.25) is 28.7 Å². The molecule has 2 rings (SSSR count). The van der Waals surface area contributed by atoms with Gasteiger partial charge in [-0.15, -0.1) is 12.3 Å². The Morgan fingerprint density at radius 3 is 2.67 bits per heavy atom. The third-order valence-corrected chi connectivity index (χ3v) is 5.00. The summed E-state index contributed by atoms with van der Waals surface area (Å²) < 4.78 is 17.1. The lowest BCUT2D eigenvalue weighted by Crippen LogP contribution is -2.36. The highest BCUT2D eigenvalue weighted by Gasteiger charge is 2.39. The van der Waals surface area contributed by atoms with E-state index in [0.717, 1.165) is 17.4 Å². The molecule has 2 N–H and O–H groups in total. The van der Waals surface area contributed by atoms with Gasteiger partial charge in [0.15, 0.2) is 0 Å². The topological polar surface area (TPSA) is 146 Å². The summed E-state index contributed by atoms with van der Waals surface area (Å²) in [5, 5.41) is 2.66. The molecule has 3 unspecified atom stereocenters. The number of terminal acetylenes is 1. The molecule has 3 atom stereocenters. The second-order valence-corrected chi connectivity index (χ2v) is 7.68. The summed E-state index contributed by atoms with van der Waals surface area (Å²) in [6.45, 7) is 2.23. The van der Waals surface area contributed by atoms with Crippen molar-refractivity contribution in [1.29, 1.82) is 0 Å². The van der Waals surface area contributed by atoms with Crippen LogP contribution >= 0.6 is 0 Å². The maximum atomic E-state index is 12.4. The van der Waals surface area contributed by atoms with Crippen molar-refractivity contribution in [2.24, 2.45) is 0 Å². The number of hydrogen-bond acceptors (Lipinski definition) is 8. The first-order chi connectivity index (χ1) is 15.7. The van der Waals surface area contributed by atoms with E-state index in [0.29, 0.717) is 19.3 Å². The minimum absolute atomic E-state index is 0.0736. The Bertz CT molecular complexity index is 1010. The number of nitrogens with zero attached hydrogens (tertiary/aromatic N) is 1. The van der Waals surface area contributed by atoms with Crippen LogP contribution in [0, 0.1) is 12.3 Å². The van der Waals surface area contributed by atoms with Gasteiger partial charge in [-0.05, 0) is 12.8 Å². The van der Waals surface area contributed by atoms with Crippen molar-refractivity contribution in [3.05, 3.63) is 32.6 Å². The number of unbranched alkanes of at least 4 members (excludes halogenated alkanes) is 3. The quantitative estimate of drug-likeness (QED) is 0.274. The van der Waals surface area contributed by atoms with Crippen LogP contribution in [0.25, 0.3) is 0 Å². The second kappa shape index (κ2) is 12.6. The van der Waals surface area contributed by atoms with Gasteiger partial charge in [-0.25, -0.2) is 4.79 Å². The molecule has 1 aliphatic heterocycles. The molecule has 0 aliphatic carbocycles. The van der Waals surface area contributed by atoms with E-state index in [1.54, 1.807) is 0 Å². The minimum Gasteiger partial charge on any atom is -0.463 e. The van der Waals surface area contributed by atoms with E-state index < -0.39 is 41.6 Å². The van der Waals surface area contributed by atoms with Gasteiger partial charge in [-0.2, -0.15) is 0 Å². The van der Waals surface area contributed by atoms with Crippen molar-refractivity contribution in [2.45, 2.75) is 77.4 Å². The fourth-order valence-electron chi connectivity index (χ4n) is 3.40. The van der Waals surface area contributed by atoms with Crippen LogP contribution in [0.2, 0.25) is 0 Å². The van der Waals surface area contributed by atoms with E-state index >= 15 is 0 Å². The van der Waals surface area contributed by atoms with Crippen molar-refractivity contribution < 1.29 is 28.6 Å². The first-order valence-corrected chi connectivity index (χ1v) is 10.7. The van der Waals surface area contributed by atoms with Crippen LogP contribution in [0.5, 0.6) is 0 Å². The van der Waals surface area contributed by atoms with E-state index in [1.807, 2.05) is 0 Å². The fraction of sp³-hybridized carbons (Fsp3) is 0.591. The molecule has 1 aromatic heterocycles. The van der Waals surface area contributed by atoms with Crippen molar-refractivity contribution in [3.63, 3.8) is 0 Å². The molecule has 0 bridgehead atoms. The molecule has 1 amide bonds. The highest BCUT2D eigenvalue weighted by atomic mass is 16.6. The number of esters is 2. The number of amides is 1. The lowest BCUT2D eigenvalue weighted by Gasteiger charge is -2.17. The molecule has 2 heterocycles. The number of aromatic nitrogens is 2. The molecule has 1 aliphatic rings. The van der Waals surface area contributed by atoms with Gasteiger partial charge in [0.2, 0.25) is 5.91 Å². The van der Waals surface area contributed by atoms with Crippen LogP contribution in [0.3, 0.4) is 0 Å². The molecule has 1 fully saturated rings. The lowest BCUT2D eigenvalue weighted by atomic mass is 10.1. The number of aromatic amines is 1. The molecular weight excluding hydrogens is 434 g/mol. The van der Waals surface area contributed by atoms with Crippen LogP contribution in [-0.4, -0.2) is 46.2 Å². The van der Waals surface area contributed by atoms with Crippen molar-refractivity contribution >= 4 is 17.8 Å². The number of rotatable bonds is 11. The molecule has 0 saturated carbocycles. The first-order valence-electron chi connectivity index (χ1n) is 10.7. The summed E-state index contributed by atoms with van der Waals surface area (Å²) in [6, 6.07) is 0. The standard InChI is InChI=1S/C22H29N3O8/c1-4-5-6-7-8-9-19(28)23-11-16-12-25(22(30)24-21(16)29)20-10-17(32-15(3)27)18(33-20)13-31-14(2)26/h1,12,17-18,20H,5-11,13H2,2-3H3,(H,23,28)(H,24,29,30). The molecule has 0 aromatic carbocycles. The lowest BCUT2D eigenvalue weighted by molar-refractivity contribution is -0.155. The Morgan fingerprint density at radius 2 is 2.00 bits per heavy atom. The zero-order valence-corrected chi connectivity index (χ0v) is 18.8. The SMILES string of the molecule is C#CCCCCCC(=O)NCc1cn(C2CC(OC(C)=O)C(COC(C)=O)O2)c(=O)[nH]c1=O. The average molecular weight is 463 g/mol. The number of hydrogen-bond donors (Lipinski definition) is 2. The van der Waals surface area contributed by atoms with Crippen LogP contribution in [0.15, 0.2) is 15.8 Å². The number of carbonyl (C=O) groups excluding carboxylic acids is 3. The summed E-state index contributed by atoms with van der Waals surface area (Å²) in [7, 11) is 0. The molecule has 180 valence electrons. The molecule has 1 saturated heterocycles. The van der Waals surface area contributed by atoms with Gasteiger partial charge < -0.3 is 19.5 Å². The highest BCUT2D eigenvalue weighted by Crippen LogP contribution is 2.30. The molecular formula is C22H29N3O8. The Hall–Kier alpha value is -3.39. The molecule has 0 spiro atoms. The molecule has 1 aromatic rings. The highest BCUT2D eigenvalue weighted by molar-refractivity contribution is 5.75. The largest absolute Gasteiger partial charge is 0.463 e. The van der Waals surface area contributed by atoms with Crippen LogP contribution in [0.4, 0.5) is 0 Å². The first kappa shape index (κ1) is 25.9. The zero-order valence-electron chi connectivity index (χ0n) is 18.8. The Kier molecular flexibility index (Phi) is 9.87. The Labute approximate surface area is 190 Å². The summed E-state index contributed by atoms with van der Waals surface area (Å²) in [6.07, 6.45) is 7.55. The van der Waals surface area contributed by atoms with E-state index in [2.05, 4.69) is 16.2 Å². The minimum atomic E-state index is -0.870. The van der Waals surface area contributed by atoms with Gasteiger partial charge in [0.25, 0.3) is 5.56 Å². The van der Waals surface area contributed by atoms with Gasteiger partial charge in [0.05, 0.1) is 5.56 Å². The summed E-state index contributed by atoms with van der Waals surface area (Å²) >= 11 is 0. The van der Waals surface area contributed by atoms with Gasteiger partial charge in [-0.1, -0.05) is 6.42 Å².